The van der Waals surface area contributed by atoms with Gasteiger partial charge in [-0.3, -0.25) is 13.9 Å². The summed E-state index contributed by atoms with van der Waals surface area (Å²) >= 11 is 6.01. The standard InChI is InChI=1S/C28H30ClN3O5S/c1-37-23-15-17-24(18-16-23)38(35,36)32(22-13-11-20(29)12-14-22)19-27(33)31-26-10-6-5-9-25(26)28(34)30-21-7-3-2-4-8-21/h5-6,9-18,21H,2-4,7-8,19H2,1H3,(H,30,34)(H,31,33). The van der Waals surface area contributed by atoms with E-state index in [1.807, 2.05) is 0 Å². The van der Waals surface area contributed by atoms with Crippen molar-refractivity contribution >= 4 is 44.8 Å². The average molecular weight is 556 g/mol. The monoisotopic (exact) mass is 555 g/mol. The van der Waals surface area contributed by atoms with Crippen LogP contribution in [0.1, 0.15) is 42.5 Å². The summed E-state index contributed by atoms with van der Waals surface area (Å²) in [6, 6.07) is 18.9. The Morgan fingerprint density at radius 3 is 2.26 bits per heavy atom. The third-order valence-corrected chi connectivity index (χ3v) is 8.48. The number of rotatable bonds is 9. The number of benzene rings is 3. The minimum absolute atomic E-state index is 0.00619. The van der Waals surface area contributed by atoms with E-state index in [-0.39, 0.29) is 22.5 Å². The van der Waals surface area contributed by atoms with Gasteiger partial charge >= 0.3 is 0 Å². The summed E-state index contributed by atoms with van der Waals surface area (Å²) in [6.45, 7) is -0.519. The van der Waals surface area contributed by atoms with Gasteiger partial charge in [-0.1, -0.05) is 43.0 Å². The second-order valence-corrected chi connectivity index (χ2v) is 11.4. The molecule has 10 heteroatoms. The minimum atomic E-state index is -4.13. The van der Waals surface area contributed by atoms with Crippen molar-refractivity contribution in [1.82, 2.24) is 5.32 Å². The Balaban J connectivity index is 1.57. The topological polar surface area (TPSA) is 105 Å². The molecule has 1 aliphatic rings. The molecule has 1 saturated carbocycles. The van der Waals surface area contributed by atoms with Crippen LogP contribution < -0.4 is 19.7 Å². The number of nitrogens with zero attached hydrogens (tertiary/aromatic N) is 1. The maximum Gasteiger partial charge on any atom is 0.264 e. The summed E-state index contributed by atoms with van der Waals surface area (Å²) in [4.78, 5) is 26.2. The number of carbonyl (C=O) groups excluding carboxylic acids is 2. The SMILES string of the molecule is COc1ccc(S(=O)(=O)N(CC(=O)Nc2ccccc2C(=O)NC2CCCCC2)c2ccc(Cl)cc2)cc1. The number of sulfonamides is 1. The van der Waals surface area contributed by atoms with Crippen molar-refractivity contribution in [2.45, 2.75) is 43.0 Å². The van der Waals surface area contributed by atoms with Crippen LogP contribution in [-0.2, 0) is 14.8 Å². The van der Waals surface area contributed by atoms with E-state index in [0.29, 0.717) is 22.0 Å². The van der Waals surface area contributed by atoms with Crippen molar-refractivity contribution in [3.05, 3.63) is 83.4 Å². The Morgan fingerprint density at radius 1 is 0.947 bits per heavy atom. The molecule has 4 rings (SSSR count). The maximum absolute atomic E-state index is 13.6. The molecular weight excluding hydrogens is 526 g/mol. The number of ether oxygens (including phenoxy) is 1. The number of halogens is 1. The number of anilines is 2. The first kappa shape index (κ1) is 27.5. The van der Waals surface area contributed by atoms with Crippen LogP contribution in [0.2, 0.25) is 5.02 Å². The highest BCUT2D eigenvalue weighted by molar-refractivity contribution is 7.92. The van der Waals surface area contributed by atoms with Crippen LogP contribution in [0.4, 0.5) is 11.4 Å². The number of methoxy groups -OCH3 is 1. The quantitative estimate of drug-likeness (QED) is 0.375. The van der Waals surface area contributed by atoms with Gasteiger partial charge in [0.1, 0.15) is 12.3 Å². The van der Waals surface area contributed by atoms with E-state index in [2.05, 4.69) is 10.6 Å². The normalized spacial score (nSPS) is 13.9. The van der Waals surface area contributed by atoms with Crippen LogP contribution in [0, 0.1) is 0 Å². The summed E-state index contributed by atoms with van der Waals surface area (Å²) in [5, 5.41) is 6.22. The zero-order valence-corrected chi connectivity index (χ0v) is 22.6. The van der Waals surface area contributed by atoms with Gasteiger partial charge in [0.15, 0.2) is 0 Å². The Hall–Kier alpha value is -3.56. The molecule has 0 unspecified atom stereocenters. The fourth-order valence-electron chi connectivity index (χ4n) is 4.42. The van der Waals surface area contributed by atoms with Crippen molar-refractivity contribution in [1.29, 1.82) is 0 Å². The number of nitrogens with one attached hydrogen (secondary N) is 2. The molecule has 3 aromatic carbocycles. The Bertz CT molecular complexity index is 1370. The van der Waals surface area contributed by atoms with E-state index < -0.39 is 22.5 Å². The lowest BCUT2D eigenvalue weighted by molar-refractivity contribution is -0.114. The number of amides is 2. The summed E-state index contributed by atoms with van der Waals surface area (Å²) in [7, 11) is -2.64. The molecule has 2 N–H and O–H groups in total. The van der Waals surface area contributed by atoms with E-state index in [4.69, 9.17) is 16.3 Å². The molecule has 8 nitrogen and oxygen atoms in total. The molecule has 3 aromatic rings. The predicted octanol–water partition coefficient (Wildman–Crippen LogP) is 5.25. The summed E-state index contributed by atoms with van der Waals surface area (Å²) in [5.74, 6) is -0.369. The predicted molar refractivity (Wildman–Crippen MR) is 148 cm³/mol. The zero-order valence-electron chi connectivity index (χ0n) is 21.0. The second-order valence-electron chi connectivity index (χ2n) is 9.07. The van der Waals surface area contributed by atoms with Crippen molar-refractivity contribution in [2.24, 2.45) is 0 Å². The fraction of sp³-hybridized carbons (Fsp3) is 0.286. The first-order valence-corrected chi connectivity index (χ1v) is 14.2. The molecule has 38 heavy (non-hydrogen) atoms. The number of para-hydroxylation sites is 1. The van der Waals surface area contributed by atoms with Crippen LogP contribution in [0.3, 0.4) is 0 Å². The molecule has 0 atom stereocenters. The molecule has 2 amide bonds. The fourth-order valence-corrected chi connectivity index (χ4v) is 5.96. The van der Waals surface area contributed by atoms with E-state index in [9.17, 15) is 18.0 Å². The highest BCUT2D eigenvalue weighted by Gasteiger charge is 2.28. The summed E-state index contributed by atoms with van der Waals surface area (Å²) in [6.07, 6.45) is 5.18. The maximum atomic E-state index is 13.6. The molecule has 0 heterocycles. The van der Waals surface area contributed by atoms with E-state index in [0.717, 1.165) is 30.0 Å². The van der Waals surface area contributed by atoms with Gasteiger partial charge in [0.05, 0.1) is 28.9 Å². The van der Waals surface area contributed by atoms with Crippen LogP contribution >= 0.6 is 11.6 Å². The average Bonchev–Trinajstić information content (AvgIpc) is 2.93. The van der Waals surface area contributed by atoms with Gasteiger partial charge < -0.3 is 15.4 Å². The van der Waals surface area contributed by atoms with Gasteiger partial charge in [-0.15, -0.1) is 0 Å². The molecule has 200 valence electrons. The number of hydrogen-bond acceptors (Lipinski definition) is 5. The number of carbonyl (C=O) groups is 2. The van der Waals surface area contributed by atoms with Crippen molar-refractivity contribution in [3.63, 3.8) is 0 Å². The van der Waals surface area contributed by atoms with Crippen LogP contribution in [0.25, 0.3) is 0 Å². The molecular formula is C28H30ClN3O5S. The van der Waals surface area contributed by atoms with Gasteiger partial charge in [-0.05, 0) is 73.5 Å². The molecule has 0 radical (unpaired) electrons. The first-order valence-electron chi connectivity index (χ1n) is 12.4. The van der Waals surface area contributed by atoms with Gasteiger partial charge in [-0.25, -0.2) is 8.42 Å². The third kappa shape index (κ3) is 6.65. The van der Waals surface area contributed by atoms with Gasteiger partial charge in [0.2, 0.25) is 5.91 Å². The van der Waals surface area contributed by atoms with E-state index in [1.165, 1.54) is 49.9 Å². The lowest BCUT2D eigenvalue weighted by Gasteiger charge is -2.25. The minimum Gasteiger partial charge on any atom is -0.497 e. The summed E-state index contributed by atoms with van der Waals surface area (Å²) < 4.78 is 33.4. The lowest BCUT2D eigenvalue weighted by Crippen LogP contribution is -2.39. The molecule has 1 aliphatic carbocycles. The molecule has 0 spiro atoms. The molecule has 1 fully saturated rings. The number of hydrogen-bond donors (Lipinski definition) is 2. The molecule has 0 aliphatic heterocycles. The smallest absolute Gasteiger partial charge is 0.264 e. The van der Waals surface area contributed by atoms with Gasteiger partial charge in [0.25, 0.3) is 15.9 Å². The van der Waals surface area contributed by atoms with E-state index in [1.54, 1.807) is 36.4 Å². The van der Waals surface area contributed by atoms with Gasteiger partial charge in [-0.2, -0.15) is 0 Å². The molecule has 0 bridgehead atoms. The van der Waals surface area contributed by atoms with Crippen molar-refractivity contribution < 1.29 is 22.7 Å². The van der Waals surface area contributed by atoms with E-state index >= 15 is 0 Å². The molecule has 0 saturated heterocycles. The van der Waals surface area contributed by atoms with Crippen LogP contribution in [-0.4, -0.2) is 39.9 Å². The van der Waals surface area contributed by atoms with Crippen molar-refractivity contribution in [3.8, 4) is 5.75 Å². The molecule has 0 aromatic heterocycles. The van der Waals surface area contributed by atoms with Crippen LogP contribution in [0.5, 0.6) is 5.75 Å². The lowest BCUT2D eigenvalue weighted by atomic mass is 9.95. The highest BCUT2D eigenvalue weighted by atomic mass is 35.5. The first-order chi connectivity index (χ1) is 18.3. The third-order valence-electron chi connectivity index (χ3n) is 6.44. The summed E-state index contributed by atoms with van der Waals surface area (Å²) in [5.41, 5.74) is 0.898. The zero-order chi connectivity index (χ0) is 27.1. The largest absolute Gasteiger partial charge is 0.497 e. The van der Waals surface area contributed by atoms with Gasteiger partial charge in [0, 0.05) is 11.1 Å². The Kier molecular flexibility index (Phi) is 8.91. The Labute approximate surface area is 228 Å². The second kappa shape index (κ2) is 12.3. The highest BCUT2D eigenvalue weighted by Crippen LogP contribution is 2.27. The van der Waals surface area contributed by atoms with Crippen molar-refractivity contribution in [2.75, 3.05) is 23.3 Å². The van der Waals surface area contributed by atoms with Crippen LogP contribution in [0.15, 0.2) is 77.7 Å². The Morgan fingerprint density at radius 2 is 1.61 bits per heavy atom.